The number of rotatable bonds is 6. The molecule has 3 aliphatic rings. The molecule has 17 rings (SSSR count). The van der Waals surface area contributed by atoms with Crippen molar-refractivity contribution in [2.45, 2.75) is 22.0 Å². The van der Waals surface area contributed by atoms with Crippen LogP contribution in [0, 0.1) is 0 Å². The second kappa shape index (κ2) is 16.5. The third kappa shape index (κ3) is 6.20. The number of allylic oxidation sites excluding steroid dienone is 3. The minimum atomic E-state index is -0.428. The van der Waals surface area contributed by atoms with Crippen LogP contribution in [0.1, 0.15) is 39.1 Å². The summed E-state index contributed by atoms with van der Waals surface area (Å²) in [6, 6.07) is 87.0. The molecular formula is C71H43NS4. The Balaban J connectivity index is 0.827. The van der Waals surface area contributed by atoms with Crippen LogP contribution in [-0.4, -0.2) is 9.82 Å². The molecular weight excluding hydrogens is 995 g/mol. The van der Waals surface area contributed by atoms with Gasteiger partial charge >= 0.3 is 0 Å². The lowest BCUT2D eigenvalue weighted by Gasteiger charge is -2.33. The van der Waals surface area contributed by atoms with Gasteiger partial charge in [-0.3, -0.25) is 0 Å². The van der Waals surface area contributed by atoms with Gasteiger partial charge in [0, 0.05) is 61.7 Å². The van der Waals surface area contributed by atoms with E-state index in [1.54, 1.807) is 0 Å². The predicted molar refractivity (Wildman–Crippen MR) is 329 cm³/mol. The molecule has 0 N–H and O–H groups in total. The highest BCUT2D eigenvalue weighted by Crippen LogP contribution is 2.58. The van der Waals surface area contributed by atoms with Gasteiger partial charge in [0.1, 0.15) is 0 Å². The summed E-state index contributed by atoms with van der Waals surface area (Å²) >= 11 is 7.88. The monoisotopic (exact) mass is 1040 g/mol. The highest BCUT2D eigenvalue weighted by atomic mass is 32.2. The minimum absolute atomic E-state index is 0.399. The number of para-hydroxylation sites is 1. The Labute approximate surface area is 456 Å². The van der Waals surface area contributed by atoms with Crippen molar-refractivity contribution in [1.29, 1.82) is 0 Å². The molecule has 1 nitrogen and oxygen atoms in total. The van der Waals surface area contributed by atoms with Gasteiger partial charge in [-0.25, -0.2) is 0 Å². The smallest absolute Gasteiger partial charge is 0.0713 e. The maximum Gasteiger partial charge on any atom is 0.0713 e. The number of thiophene rings is 3. The van der Waals surface area contributed by atoms with Crippen LogP contribution < -0.4 is 0 Å². The van der Waals surface area contributed by atoms with Crippen LogP contribution in [-0.2, 0) is 5.41 Å². The molecule has 0 radical (unpaired) electrons. The molecule has 1 unspecified atom stereocenters. The van der Waals surface area contributed by atoms with E-state index in [0.29, 0.717) is 5.25 Å². The third-order valence-electron chi connectivity index (χ3n) is 16.6. The van der Waals surface area contributed by atoms with Crippen molar-refractivity contribution in [2.75, 3.05) is 0 Å². The van der Waals surface area contributed by atoms with Gasteiger partial charge in [-0.2, -0.15) is 0 Å². The van der Waals surface area contributed by atoms with Crippen LogP contribution in [0.5, 0.6) is 0 Å². The lowest BCUT2D eigenvalue weighted by molar-refractivity contribution is 0.768. The van der Waals surface area contributed by atoms with Crippen LogP contribution in [0.2, 0.25) is 0 Å². The van der Waals surface area contributed by atoms with Crippen molar-refractivity contribution in [2.24, 2.45) is 0 Å². The number of aromatic nitrogens is 1. The zero-order chi connectivity index (χ0) is 49.6. The van der Waals surface area contributed by atoms with E-state index < -0.39 is 5.41 Å². The zero-order valence-electron chi connectivity index (χ0n) is 41.0. The number of thioether (sulfide) groups is 1. The Morgan fingerprint density at radius 2 is 1.00 bits per heavy atom. The normalized spacial score (nSPS) is 15.4. The highest BCUT2D eigenvalue weighted by Gasteiger charge is 2.46. The summed E-state index contributed by atoms with van der Waals surface area (Å²) < 4.78 is 9.40. The van der Waals surface area contributed by atoms with E-state index in [1.807, 2.05) is 34.0 Å². The molecule has 0 fully saturated rings. The average Bonchev–Trinajstić information content (AvgIpc) is 4.49. The second-order valence-corrected chi connectivity index (χ2v) is 25.0. The van der Waals surface area contributed by atoms with Crippen molar-refractivity contribution < 1.29 is 0 Å². The van der Waals surface area contributed by atoms with Crippen molar-refractivity contribution in [3.05, 3.63) is 275 Å². The van der Waals surface area contributed by atoms with E-state index in [4.69, 9.17) is 0 Å². The van der Waals surface area contributed by atoms with Crippen LogP contribution in [0.25, 0.3) is 112 Å². The van der Waals surface area contributed by atoms with Gasteiger partial charge in [0.15, 0.2) is 0 Å². The molecule has 4 aromatic heterocycles. The van der Waals surface area contributed by atoms with E-state index >= 15 is 0 Å². The van der Waals surface area contributed by atoms with E-state index in [9.17, 15) is 0 Å². The van der Waals surface area contributed by atoms with Gasteiger partial charge < -0.3 is 4.57 Å². The van der Waals surface area contributed by atoms with Crippen molar-refractivity contribution in [1.82, 2.24) is 4.57 Å². The standard InChI is InChI=1S/C71H43NS4/c1-3-15-48(16-4-1)71(49-17-5-2-6-18-49)59-23-11-7-19-51(59)57-38-42(29-33-60(57)71)43-30-34-62-58(39-43)52-20-8-12-24-61(52)72(62)50-36-46(44-27-31-55-65(40-44)75-67-53-21-9-13-25-63(53)73-69(55)67)35-47(37-50)45-28-32-56-66(41-45)76-68-54-22-10-14-26-64(54)74-70(56)68/h1-40,66H,41H2. The summed E-state index contributed by atoms with van der Waals surface area (Å²) in [7, 11) is 0. The van der Waals surface area contributed by atoms with Crippen molar-refractivity contribution in [3.63, 3.8) is 0 Å². The van der Waals surface area contributed by atoms with E-state index in [2.05, 4.69) is 259 Å². The Bertz CT molecular complexity index is 4790. The fraction of sp³-hybridized carbons (Fsp3) is 0.0423. The molecule has 0 saturated heterocycles. The van der Waals surface area contributed by atoms with Crippen LogP contribution in [0.4, 0.5) is 0 Å². The fourth-order valence-corrected chi connectivity index (χ4v) is 18.9. The van der Waals surface area contributed by atoms with Crippen LogP contribution in [0.15, 0.2) is 248 Å². The predicted octanol–water partition coefficient (Wildman–Crippen LogP) is 20.6. The summed E-state index contributed by atoms with van der Waals surface area (Å²) in [4.78, 5) is 2.92. The topological polar surface area (TPSA) is 4.93 Å². The molecule has 76 heavy (non-hydrogen) atoms. The third-order valence-corrected chi connectivity index (χ3v) is 21.9. The first kappa shape index (κ1) is 43.2. The van der Waals surface area contributed by atoms with Crippen molar-refractivity contribution >= 4 is 118 Å². The number of hydrogen-bond donors (Lipinski definition) is 0. The van der Waals surface area contributed by atoms with E-state index in [-0.39, 0.29) is 0 Å². The lowest BCUT2D eigenvalue weighted by Crippen LogP contribution is -2.28. The summed E-state index contributed by atoms with van der Waals surface area (Å²) in [5.74, 6) is 0. The molecule has 0 spiro atoms. The number of benzene rings is 10. The molecule has 2 aliphatic carbocycles. The zero-order valence-corrected chi connectivity index (χ0v) is 44.2. The lowest BCUT2D eigenvalue weighted by atomic mass is 9.67. The van der Waals surface area contributed by atoms with Gasteiger partial charge in [-0.15, -0.1) is 45.8 Å². The van der Waals surface area contributed by atoms with Gasteiger partial charge in [-0.05, 0) is 139 Å². The molecule has 0 amide bonds. The molecule has 5 heteroatoms. The van der Waals surface area contributed by atoms with Crippen LogP contribution >= 0.6 is 45.8 Å². The molecule has 1 aliphatic heterocycles. The van der Waals surface area contributed by atoms with Crippen molar-refractivity contribution in [3.8, 4) is 39.1 Å². The minimum Gasteiger partial charge on any atom is -0.309 e. The molecule has 0 saturated carbocycles. The maximum atomic E-state index is 2.53. The molecule has 1 atom stereocenters. The molecule has 14 aromatic rings. The Kier molecular flexibility index (Phi) is 9.38. The van der Waals surface area contributed by atoms with E-state index in [1.165, 1.54) is 149 Å². The molecule has 0 bridgehead atoms. The first-order chi connectivity index (χ1) is 37.6. The molecule has 10 aromatic carbocycles. The van der Waals surface area contributed by atoms with Crippen LogP contribution in [0.3, 0.4) is 0 Å². The average molecular weight is 1040 g/mol. The first-order valence-electron chi connectivity index (χ1n) is 26.1. The number of hydrogen-bond acceptors (Lipinski definition) is 4. The van der Waals surface area contributed by atoms with Gasteiger partial charge in [0.05, 0.1) is 25.8 Å². The van der Waals surface area contributed by atoms with Gasteiger partial charge in [0.25, 0.3) is 0 Å². The second-order valence-electron chi connectivity index (χ2n) is 20.6. The highest BCUT2D eigenvalue weighted by molar-refractivity contribution is 8.01. The largest absolute Gasteiger partial charge is 0.309 e. The Hall–Kier alpha value is -8.03. The molecule has 356 valence electrons. The summed E-state index contributed by atoms with van der Waals surface area (Å²) in [5, 5.41) is 7.02. The van der Waals surface area contributed by atoms with Gasteiger partial charge in [-0.1, -0.05) is 182 Å². The number of fused-ring (bicyclic) bond motifs is 16. The Morgan fingerprint density at radius 3 is 1.83 bits per heavy atom. The fourth-order valence-electron chi connectivity index (χ4n) is 13.2. The summed E-state index contributed by atoms with van der Waals surface area (Å²) in [6.45, 7) is 0. The van der Waals surface area contributed by atoms with E-state index in [0.717, 1.165) is 6.42 Å². The quantitative estimate of drug-likeness (QED) is 0.161. The number of nitrogens with zero attached hydrogens (tertiary/aromatic N) is 1. The maximum absolute atomic E-state index is 2.53. The first-order valence-corrected chi connectivity index (χ1v) is 29.5. The Morgan fingerprint density at radius 1 is 0.395 bits per heavy atom. The molecule has 5 heterocycles. The van der Waals surface area contributed by atoms with Gasteiger partial charge in [0.2, 0.25) is 0 Å². The summed E-state index contributed by atoms with van der Waals surface area (Å²) in [5.41, 5.74) is 20.0. The SMILES string of the molecule is C1=C(c2cc(-c3ccc4c(c3)sc3c5ccccc5sc43)cc(-n3c4ccccc4c4cc(-c5ccc6c(c5)-c5ccccc5C6(c5ccccc5)c5ccccc5)ccc43)c2)CC2Sc3c(sc4ccccc34)C2=C1. The summed E-state index contributed by atoms with van der Waals surface area (Å²) in [6.07, 6.45) is 5.84.